The summed E-state index contributed by atoms with van der Waals surface area (Å²) in [5.74, 6) is -16.2. The number of allylic oxidation sites excluding steroid dienone is 1. The van der Waals surface area contributed by atoms with Crippen LogP contribution < -0.4 is 4.74 Å². The maximum absolute atomic E-state index is 15.0. The van der Waals surface area contributed by atoms with Crippen molar-refractivity contribution in [1.82, 2.24) is 0 Å². The summed E-state index contributed by atoms with van der Waals surface area (Å²) in [5, 5.41) is 0.125. The van der Waals surface area contributed by atoms with Crippen LogP contribution in [0.3, 0.4) is 0 Å². The van der Waals surface area contributed by atoms with Crippen LogP contribution in [0.15, 0.2) is 60.2 Å². The quantitative estimate of drug-likeness (QED) is 0.218. The minimum atomic E-state index is -5.74. The molecule has 1 heterocycles. The molecule has 0 amide bonds. The largest absolute Gasteiger partial charge is 0.514 e. The molecule has 0 N–H and O–H groups in total. The van der Waals surface area contributed by atoms with Gasteiger partial charge < -0.3 is 9.47 Å². The molecule has 0 saturated carbocycles. The first-order valence-electron chi connectivity index (χ1n) is 9.70. The number of para-hydroxylation sites is 1. The van der Waals surface area contributed by atoms with Crippen LogP contribution >= 0.6 is 11.3 Å². The monoisotopic (exact) mass is 486 g/mol. The molecular formula is C23H16F6O3S. The Kier molecular flexibility index (Phi) is 5.47. The molecule has 0 fully saturated rings. The molecular weight excluding hydrogens is 470 g/mol. The number of carbonyl (C=O) groups is 1. The number of aryl methyl sites for hydroxylation is 1. The van der Waals surface area contributed by atoms with Gasteiger partial charge in [0.05, 0.1) is 5.57 Å². The van der Waals surface area contributed by atoms with Gasteiger partial charge in [0.25, 0.3) is 0 Å². The number of hydrogen-bond donors (Lipinski definition) is 0. The summed E-state index contributed by atoms with van der Waals surface area (Å²) in [7, 11) is 0. The zero-order valence-corrected chi connectivity index (χ0v) is 18.0. The van der Waals surface area contributed by atoms with E-state index in [-0.39, 0.29) is 16.0 Å². The number of fused-ring (bicyclic) bond motifs is 1. The lowest BCUT2D eigenvalue weighted by molar-refractivity contribution is -0.262. The van der Waals surface area contributed by atoms with Crippen molar-refractivity contribution in [3.63, 3.8) is 0 Å². The van der Waals surface area contributed by atoms with Crippen LogP contribution in [0.2, 0.25) is 0 Å². The summed E-state index contributed by atoms with van der Waals surface area (Å²) in [6.07, 6.45) is -3.63. The van der Waals surface area contributed by atoms with Crippen LogP contribution in [-0.2, 0) is 4.74 Å². The predicted molar refractivity (Wildman–Crippen MR) is 111 cm³/mol. The van der Waals surface area contributed by atoms with E-state index in [0.717, 1.165) is 18.3 Å². The Hall–Kier alpha value is -3.01. The maximum Gasteiger partial charge on any atom is 0.514 e. The Balaban J connectivity index is 1.85. The van der Waals surface area contributed by atoms with Gasteiger partial charge in [-0.15, -0.1) is 11.3 Å². The lowest BCUT2D eigenvalue weighted by Crippen LogP contribution is -2.50. The fourth-order valence-electron chi connectivity index (χ4n) is 3.89. The Morgan fingerprint density at radius 3 is 2.18 bits per heavy atom. The SMILES string of the molecule is Cc1sc2ccccc2c1C1=C([C@H](C)OC(=O)Oc2ccccc2)C(F)(F)C(F)(F)C1(F)F. The first kappa shape index (κ1) is 23.2. The summed E-state index contributed by atoms with van der Waals surface area (Å²) in [4.78, 5) is 12.2. The Morgan fingerprint density at radius 1 is 0.909 bits per heavy atom. The summed E-state index contributed by atoms with van der Waals surface area (Å²) in [6.45, 7) is 2.21. The Bertz CT molecular complexity index is 1250. The molecule has 0 aliphatic heterocycles. The highest BCUT2D eigenvalue weighted by Crippen LogP contribution is 2.64. The van der Waals surface area contributed by atoms with Crippen LogP contribution in [0.1, 0.15) is 17.4 Å². The highest BCUT2D eigenvalue weighted by Gasteiger charge is 2.81. The molecule has 33 heavy (non-hydrogen) atoms. The number of hydrogen-bond acceptors (Lipinski definition) is 4. The zero-order chi connectivity index (χ0) is 24.2. The van der Waals surface area contributed by atoms with E-state index in [9.17, 15) is 31.1 Å². The summed E-state index contributed by atoms with van der Waals surface area (Å²) in [6, 6.07) is 13.4. The van der Waals surface area contributed by atoms with Crippen LogP contribution in [-0.4, -0.2) is 30.0 Å². The lowest BCUT2D eigenvalue weighted by atomic mass is 9.94. The summed E-state index contributed by atoms with van der Waals surface area (Å²) in [5.41, 5.74) is -3.61. The van der Waals surface area contributed by atoms with Gasteiger partial charge in [-0.25, -0.2) is 4.79 Å². The second-order valence-corrected chi connectivity index (χ2v) is 8.72. The van der Waals surface area contributed by atoms with Crippen molar-refractivity contribution in [1.29, 1.82) is 0 Å². The van der Waals surface area contributed by atoms with E-state index < -0.39 is 46.7 Å². The van der Waals surface area contributed by atoms with Gasteiger partial charge in [-0.2, -0.15) is 26.3 Å². The molecule has 10 heteroatoms. The molecule has 0 unspecified atom stereocenters. The first-order chi connectivity index (χ1) is 15.4. The number of alkyl halides is 6. The third-order valence-corrected chi connectivity index (χ3v) is 6.44. The molecule has 0 radical (unpaired) electrons. The average Bonchev–Trinajstić information content (AvgIpc) is 3.11. The number of benzene rings is 2. The fraction of sp³-hybridized carbons (Fsp3) is 0.261. The topological polar surface area (TPSA) is 35.5 Å². The molecule has 174 valence electrons. The summed E-state index contributed by atoms with van der Waals surface area (Å²) < 4.78 is 98.7. The molecule has 1 aromatic heterocycles. The number of ether oxygens (including phenoxy) is 2. The second kappa shape index (κ2) is 7.79. The molecule has 1 atom stereocenters. The van der Waals surface area contributed by atoms with Crippen LogP contribution in [0, 0.1) is 6.92 Å². The highest BCUT2D eigenvalue weighted by atomic mass is 32.1. The molecule has 4 rings (SSSR count). The van der Waals surface area contributed by atoms with Crippen LogP contribution in [0.5, 0.6) is 5.75 Å². The number of rotatable bonds is 4. The van der Waals surface area contributed by atoms with E-state index in [1.54, 1.807) is 18.2 Å². The van der Waals surface area contributed by atoms with Crippen molar-refractivity contribution < 1.29 is 40.6 Å². The van der Waals surface area contributed by atoms with Crippen molar-refractivity contribution in [2.45, 2.75) is 37.7 Å². The number of halogens is 6. The van der Waals surface area contributed by atoms with Crippen molar-refractivity contribution in [2.24, 2.45) is 0 Å². The first-order valence-corrected chi connectivity index (χ1v) is 10.5. The second-order valence-electron chi connectivity index (χ2n) is 7.47. The molecule has 2 aromatic carbocycles. The van der Waals surface area contributed by atoms with Crippen molar-refractivity contribution in [3.8, 4) is 5.75 Å². The predicted octanol–water partition coefficient (Wildman–Crippen LogP) is 7.49. The van der Waals surface area contributed by atoms with E-state index in [0.29, 0.717) is 4.70 Å². The van der Waals surface area contributed by atoms with Gasteiger partial charge in [-0.1, -0.05) is 36.4 Å². The fourth-order valence-corrected chi connectivity index (χ4v) is 4.96. The number of carbonyl (C=O) groups excluding carboxylic acids is 1. The molecule has 0 bridgehead atoms. The minimum absolute atomic E-state index is 0.00239. The third kappa shape index (κ3) is 3.47. The standard InChI is InChI=1S/C23H16F6O3S/c1-12(31-20(30)32-14-8-4-3-5-9-14)18-19(22(26,27)23(28,29)21(18,24)25)17-13(2)33-16-11-7-6-10-15(16)17/h3-12H,1-2H3/t12-/m0/s1. The van der Waals surface area contributed by atoms with E-state index >= 15 is 0 Å². The lowest BCUT2D eigenvalue weighted by Gasteiger charge is -2.26. The summed E-state index contributed by atoms with van der Waals surface area (Å²) >= 11 is 1.01. The maximum atomic E-state index is 15.0. The van der Waals surface area contributed by atoms with E-state index in [1.807, 2.05) is 0 Å². The zero-order valence-electron chi connectivity index (χ0n) is 17.2. The van der Waals surface area contributed by atoms with Gasteiger partial charge >= 0.3 is 23.9 Å². The molecule has 1 aliphatic carbocycles. The van der Waals surface area contributed by atoms with E-state index in [2.05, 4.69) is 0 Å². The molecule has 1 aliphatic rings. The molecule has 3 aromatic rings. The molecule has 0 saturated heterocycles. The molecule has 0 spiro atoms. The highest BCUT2D eigenvalue weighted by molar-refractivity contribution is 7.19. The Morgan fingerprint density at radius 2 is 1.52 bits per heavy atom. The van der Waals surface area contributed by atoms with Crippen LogP contribution in [0.4, 0.5) is 31.1 Å². The van der Waals surface area contributed by atoms with E-state index in [1.165, 1.54) is 43.3 Å². The normalized spacial score (nSPS) is 19.5. The van der Waals surface area contributed by atoms with Crippen molar-refractivity contribution in [2.75, 3.05) is 0 Å². The smallest absolute Gasteiger partial charge is 0.426 e. The van der Waals surface area contributed by atoms with Crippen molar-refractivity contribution >= 4 is 33.2 Å². The van der Waals surface area contributed by atoms with Gasteiger partial charge in [-0.05, 0) is 32.0 Å². The molecule has 3 nitrogen and oxygen atoms in total. The number of thiophene rings is 1. The van der Waals surface area contributed by atoms with Gasteiger partial charge in [0.15, 0.2) is 0 Å². The van der Waals surface area contributed by atoms with Gasteiger partial charge in [-0.3, -0.25) is 0 Å². The average molecular weight is 486 g/mol. The Labute approximate surface area is 188 Å². The van der Waals surface area contributed by atoms with Gasteiger partial charge in [0.2, 0.25) is 0 Å². The third-order valence-electron chi connectivity index (χ3n) is 5.36. The minimum Gasteiger partial charge on any atom is -0.426 e. The van der Waals surface area contributed by atoms with Crippen molar-refractivity contribution in [3.05, 3.63) is 70.6 Å². The van der Waals surface area contributed by atoms with Gasteiger partial charge in [0.1, 0.15) is 11.9 Å². The van der Waals surface area contributed by atoms with Gasteiger partial charge in [0, 0.05) is 26.1 Å². The van der Waals surface area contributed by atoms with E-state index in [4.69, 9.17) is 9.47 Å². The van der Waals surface area contributed by atoms with Crippen LogP contribution in [0.25, 0.3) is 15.7 Å².